The van der Waals surface area contributed by atoms with Crippen LogP contribution in [0, 0.1) is 5.92 Å². The van der Waals surface area contributed by atoms with Gasteiger partial charge in [0.15, 0.2) is 11.5 Å². The van der Waals surface area contributed by atoms with Crippen molar-refractivity contribution in [3.8, 4) is 0 Å². The van der Waals surface area contributed by atoms with Gasteiger partial charge in [0.05, 0.1) is 12.0 Å². The molecule has 8 heteroatoms. The van der Waals surface area contributed by atoms with E-state index in [0.717, 1.165) is 23.5 Å². The van der Waals surface area contributed by atoms with Crippen LogP contribution in [0.3, 0.4) is 0 Å². The van der Waals surface area contributed by atoms with Gasteiger partial charge in [-0.1, -0.05) is 32.0 Å². The number of hydrogen-bond acceptors (Lipinski definition) is 5. The Morgan fingerprint density at radius 2 is 2.06 bits per heavy atom. The van der Waals surface area contributed by atoms with Gasteiger partial charge in [-0.2, -0.15) is 11.8 Å². The summed E-state index contributed by atoms with van der Waals surface area (Å²) in [5.41, 5.74) is 2.79. The van der Waals surface area contributed by atoms with Crippen LogP contribution in [-0.2, 0) is 9.59 Å². The van der Waals surface area contributed by atoms with Gasteiger partial charge < -0.3 is 10.2 Å². The predicted octanol–water partition coefficient (Wildman–Crippen LogP) is 3.82. The Kier molecular flexibility index (Phi) is 6.79. The zero-order chi connectivity index (χ0) is 22.7. The SMILES string of the molecule is CSCCC(NC(=O)C1CC(=O)N(c2cccc(C(C)C)c2)C1)c1nnc2ccccn12. The number of nitrogens with zero attached hydrogens (tertiary/aromatic N) is 4. The van der Waals surface area contributed by atoms with E-state index in [1.165, 1.54) is 5.56 Å². The van der Waals surface area contributed by atoms with E-state index in [-0.39, 0.29) is 30.2 Å². The number of fused-ring (bicyclic) bond motifs is 1. The lowest BCUT2D eigenvalue weighted by molar-refractivity contribution is -0.127. The Balaban J connectivity index is 1.50. The Morgan fingerprint density at radius 1 is 1.22 bits per heavy atom. The van der Waals surface area contributed by atoms with Gasteiger partial charge in [-0.3, -0.25) is 14.0 Å². The minimum Gasteiger partial charge on any atom is -0.346 e. The molecule has 1 aromatic carbocycles. The van der Waals surface area contributed by atoms with Gasteiger partial charge in [-0.25, -0.2) is 0 Å². The van der Waals surface area contributed by atoms with Crippen molar-refractivity contribution in [3.05, 3.63) is 60.0 Å². The largest absolute Gasteiger partial charge is 0.346 e. The number of rotatable bonds is 8. The minimum atomic E-state index is -0.388. The molecule has 1 saturated heterocycles. The molecule has 2 aromatic heterocycles. The van der Waals surface area contributed by atoms with Crippen LogP contribution >= 0.6 is 11.8 Å². The van der Waals surface area contributed by atoms with Crippen LogP contribution in [0.4, 0.5) is 5.69 Å². The molecule has 168 valence electrons. The third kappa shape index (κ3) is 4.65. The summed E-state index contributed by atoms with van der Waals surface area (Å²) in [5.74, 6) is 1.46. The molecule has 0 radical (unpaired) electrons. The molecule has 2 amide bonds. The Hall–Kier alpha value is -2.87. The highest BCUT2D eigenvalue weighted by Crippen LogP contribution is 2.29. The average molecular weight is 452 g/mol. The smallest absolute Gasteiger partial charge is 0.227 e. The first-order valence-corrected chi connectivity index (χ1v) is 12.4. The fraction of sp³-hybridized carbons (Fsp3) is 0.417. The molecule has 32 heavy (non-hydrogen) atoms. The normalized spacial score (nSPS) is 17.3. The summed E-state index contributed by atoms with van der Waals surface area (Å²) in [4.78, 5) is 27.7. The fourth-order valence-electron chi connectivity index (χ4n) is 4.07. The highest BCUT2D eigenvalue weighted by atomic mass is 32.2. The molecule has 3 aromatic rings. The quantitative estimate of drug-likeness (QED) is 0.563. The number of hydrogen-bond donors (Lipinski definition) is 1. The third-order valence-corrected chi connectivity index (χ3v) is 6.57. The molecule has 1 N–H and O–H groups in total. The molecule has 1 aliphatic rings. The predicted molar refractivity (Wildman–Crippen MR) is 128 cm³/mol. The van der Waals surface area contributed by atoms with Crippen molar-refractivity contribution < 1.29 is 9.59 Å². The number of carbonyl (C=O) groups excluding carboxylic acids is 2. The molecular formula is C24H29N5O2S. The Labute approximate surface area is 192 Å². The molecule has 0 bridgehead atoms. The lowest BCUT2D eigenvalue weighted by Gasteiger charge is -2.21. The van der Waals surface area contributed by atoms with E-state index in [2.05, 4.69) is 35.4 Å². The van der Waals surface area contributed by atoms with Crippen molar-refractivity contribution in [2.75, 3.05) is 23.5 Å². The summed E-state index contributed by atoms with van der Waals surface area (Å²) in [6, 6.07) is 13.5. The Bertz CT molecular complexity index is 1110. The molecule has 2 unspecified atom stereocenters. The zero-order valence-corrected chi connectivity index (χ0v) is 19.5. The van der Waals surface area contributed by atoms with E-state index in [0.29, 0.717) is 18.3 Å². The summed E-state index contributed by atoms with van der Waals surface area (Å²) in [5, 5.41) is 11.7. The van der Waals surface area contributed by atoms with Crippen molar-refractivity contribution in [1.82, 2.24) is 19.9 Å². The number of aromatic nitrogens is 3. The van der Waals surface area contributed by atoms with E-state index >= 15 is 0 Å². The minimum absolute atomic E-state index is 0.0142. The van der Waals surface area contributed by atoms with Crippen LogP contribution in [0.5, 0.6) is 0 Å². The maximum absolute atomic E-state index is 13.2. The lowest BCUT2D eigenvalue weighted by Crippen LogP contribution is -2.36. The van der Waals surface area contributed by atoms with Crippen LogP contribution in [0.2, 0.25) is 0 Å². The van der Waals surface area contributed by atoms with Crippen LogP contribution < -0.4 is 10.2 Å². The number of anilines is 1. The molecule has 1 fully saturated rings. The second kappa shape index (κ2) is 9.73. The molecule has 0 spiro atoms. The number of carbonyl (C=O) groups is 2. The summed E-state index contributed by atoms with van der Waals surface area (Å²) < 4.78 is 1.91. The standard InChI is InChI=1S/C24H29N5O2S/c1-16(2)17-7-6-8-19(13-17)29-15-18(14-22(29)30)24(31)25-20(10-12-32-3)23-27-26-21-9-4-5-11-28(21)23/h4-9,11,13,16,18,20H,10,12,14-15H2,1-3H3,(H,25,31). The summed E-state index contributed by atoms with van der Waals surface area (Å²) >= 11 is 1.72. The highest BCUT2D eigenvalue weighted by molar-refractivity contribution is 7.98. The topological polar surface area (TPSA) is 79.6 Å². The number of benzene rings is 1. The van der Waals surface area contributed by atoms with Gasteiger partial charge in [-0.05, 0) is 54.2 Å². The highest BCUT2D eigenvalue weighted by Gasteiger charge is 2.36. The van der Waals surface area contributed by atoms with E-state index in [4.69, 9.17) is 0 Å². The van der Waals surface area contributed by atoms with Crippen molar-refractivity contribution in [1.29, 1.82) is 0 Å². The van der Waals surface area contributed by atoms with Gasteiger partial charge in [-0.15, -0.1) is 10.2 Å². The first-order chi connectivity index (χ1) is 15.5. The number of amides is 2. The second-order valence-electron chi connectivity index (χ2n) is 8.48. The van der Waals surface area contributed by atoms with Gasteiger partial charge in [0, 0.05) is 24.8 Å². The first-order valence-electron chi connectivity index (χ1n) is 11.0. The summed E-state index contributed by atoms with van der Waals surface area (Å²) in [7, 11) is 0. The molecule has 0 aliphatic carbocycles. The van der Waals surface area contributed by atoms with Crippen LogP contribution in [-0.4, -0.2) is 45.0 Å². The summed E-state index contributed by atoms with van der Waals surface area (Å²) in [6.07, 6.45) is 4.90. The number of thioether (sulfide) groups is 1. The van der Waals surface area contributed by atoms with Gasteiger partial charge in [0.25, 0.3) is 0 Å². The first kappa shape index (κ1) is 22.3. The van der Waals surface area contributed by atoms with E-state index in [1.54, 1.807) is 16.7 Å². The van der Waals surface area contributed by atoms with E-state index in [9.17, 15) is 9.59 Å². The third-order valence-electron chi connectivity index (χ3n) is 5.92. The second-order valence-corrected chi connectivity index (χ2v) is 9.47. The van der Waals surface area contributed by atoms with Crippen molar-refractivity contribution in [3.63, 3.8) is 0 Å². The number of nitrogens with one attached hydrogen (secondary N) is 1. The van der Waals surface area contributed by atoms with Gasteiger partial charge in [0.2, 0.25) is 11.8 Å². The zero-order valence-electron chi connectivity index (χ0n) is 18.7. The monoisotopic (exact) mass is 451 g/mol. The maximum Gasteiger partial charge on any atom is 0.227 e. The fourth-order valence-corrected chi connectivity index (χ4v) is 4.54. The molecule has 7 nitrogen and oxygen atoms in total. The van der Waals surface area contributed by atoms with Crippen LogP contribution in [0.15, 0.2) is 48.7 Å². The van der Waals surface area contributed by atoms with E-state index in [1.807, 2.05) is 53.3 Å². The molecule has 0 saturated carbocycles. The average Bonchev–Trinajstić information content (AvgIpc) is 3.40. The lowest BCUT2D eigenvalue weighted by atomic mass is 10.0. The van der Waals surface area contributed by atoms with E-state index < -0.39 is 0 Å². The van der Waals surface area contributed by atoms with Crippen molar-refractivity contribution >= 4 is 34.9 Å². The molecule has 3 heterocycles. The van der Waals surface area contributed by atoms with Crippen molar-refractivity contribution in [2.45, 2.75) is 38.6 Å². The molecule has 2 atom stereocenters. The number of pyridine rings is 1. The van der Waals surface area contributed by atoms with Crippen molar-refractivity contribution in [2.24, 2.45) is 5.92 Å². The Morgan fingerprint density at radius 3 is 2.84 bits per heavy atom. The maximum atomic E-state index is 13.2. The van der Waals surface area contributed by atoms with Crippen LogP contribution in [0.1, 0.15) is 50.0 Å². The molecule has 1 aliphatic heterocycles. The van der Waals surface area contributed by atoms with Gasteiger partial charge in [0.1, 0.15) is 0 Å². The molecular weight excluding hydrogens is 422 g/mol. The summed E-state index contributed by atoms with van der Waals surface area (Å²) in [6.45, 7) is 4.65. The van der Waals surface area contributed by atoms with Crippen LogP contribution in [0.25, 0.3) is 5.65 Å². The molecule has 4 rings (SSSR count). The van der Waals surface area contributed by atoms with Gasteiger partial charge >= 0.3 is 0 Å².